The molecule has 0 aromatic heterocycles. The number of esters is 1. The van der Waals surface area contributed by atoms with Crippen molar-refractivity contribution in [1.82, 2.24) is 10.2 Å². The van der Waals surface area contributed by atoms with E-state index < -0.39 is 0 Å². The van der Waals surface area contributed by atoms with Gasteiger partial charge in [-0.2, -0.15) is 0 Å². The summed E-state index contributed by atoms with van der Waals surface area (Å²) in [7, 11) is 4.47. The highest BCUT2D eigenvalue weighted by atomic mass is 16.5. The molecule has 0 radical (unpaired) electrons. The third-order valence-electron chi connectivity index (χ3n) is 11.4. The molecule has 0 bridgehead atoms. The van der Waals surface area contributed by atoms with Gasteiger partial charge in [0, 0.05) is 24.4 Å². The van der Waals surface area contributed by atoms with Crippen molar-refractivity contribution in [1.29, 1.82) is 0 Å². The Balaban J connectivity index is 1.41. The van der Waals surface area contributed by atoms with Gasteiger partial charge in [0.25, 0.3) is 5.91 Å². The fourth-order valence-electron chi connectivity index (χ4n) is 9.38. The lowest BCUT2D eigenvalue weighted by Crippen LogP contribution is -2.57. The first-order chi connectivity index (χ1) is 17.6. The van der Waals surface area contributed by atoms with E-state index >= 15 is 0 Å². The van der Waals surface area contributed by atoms with Gasteiger partial charge in [0.05, 0.1) is 5.70 Å². The third kappa shape index (κ3) is 4.45. The van der Waals surface area contributed by atoms with Crippen LogP contribution in [0, 0.1) is 40.4 Å². The quantitative estimate of drug-likeness (QED) is 0.493. The molecular weight excluding hydrogens is 460 g/mol. The van der Waals surface area contributed by atoms with Crippen LogP contribution in [0.25, 0.3) is 0 Å². The number of nitrogens with one attached hydrogen (secondary N) is 1. The SMILES string of the molecule is CC(=O)O[C@H]1C(NC(=O)c2ccccc2)=CC[C@@]2(C)C1CC[C@H]1[C@@H]3CC[C@H]([C@H](C)N(C)C)[C@@]3(C)CC[C@@H]12. The van der Waals surface area contributed by atoms with Crippen LogP contribution in [0.3, 0.4) is 0 Å². The molecule has 3 fully saturated rings. The van der Waals surface area contributed by atoms with E-state index in [9.17, 15) is 9.59 Å². The van der Waals surface area contributed by atoms with E-state index in [0.29, 0.717) is 22.9 Å². The number of carbonyl (C=O) groups is 2. The molecule has 3 saturated carbocycles. The molecule has 1 aromatic carbocycles. The lowest BCUT2D eigenvalue weighted by Gasteiger charge is -2.61. The van der Waals surface area contributed by atoms with E-state index in [4.69, 9.17) is 4.74 Å². The minimum Gasteiger partial charge on any atom is -0.456 e. The van der Waals surface area contributed by atoms with Crippen LogP contribution in [0.4, 0.5) is 0 Å². The van der Waals surface area contributed by atoms with Gasteiger partial charge in [0.15, 0.2) is 0 Å². The first kappa shape index (κ1) is 26.5. The van der Waals surface area contributed by atoms with E-state index in [2.05, 4.69) is 51.2 Å². The normalized spacial score (nSPS) is 39.6. The first-order valence-electron chi connectivity index (χ1n) is 14.5. The van der Waals surface area contributed by atoms with Crippen molar-refractivity contribution in [3.05, 3.63) is 47.7 Å². The van der Waals surface area contributed by atoms with Gasteiger partial charge in [-0.3, -0.25) is 9.59 Å². The smallest absolute Gasteiger partial charge is 0.303 e. The van der Waals surface area contributed by atoms with Crippen molar-refractivity contribution in [3.8, 4) is 0 Å². The van der Waals surface area contributed by atoms with Crippen molar-refractivity contribution >= 4 is 11.9 Å². The number of hydrogen-bond acceptors (Lipinski definition) is 4. The van der Waals surface area contributed by atoms with Crippen LogP contribution in [-0.2, 0) is 9.53 Å². The second kappa shape index (κ2) is 9.87. The molecule has 1 N–H and O–H groups in total. The van der Waals surface area contributed by atoms with Crippen LogP contribution in [0.2, 0.25) is 0 Å². The molecule has 1 aromatic rings. The number of benzene rings is 1. The maximum absolute atomic E-state index is 13.0. The fourth-order valence-corrected chi connectivity index (χ4v) is 9.38. The maximum Gasteiger partial charge on any atom is 0.303 e. The molecule has 1 amide bonds. The summed E-state index contributed by atoms with van der Waals surface area (Å²) >= 11 is 0. The average Bonchev–Trinajstić information content (AvgIpc) is 3.22. The Labute approximate surface area is 223 Å². The molecule has 202 valence electrons. The van der Waals surface area contributed by atoms with E-state index in [1.165, 1.54) is 39.0 Å². The zero-order valence-electron chi connectivity index (χ0n) is 23.6. The number of ether oxygens (including phenoxy) is 1. The van der Waals surface area contributed by atoms with Crippen LogP contribution in [0.15, 0.2) is 42.1 Å². The summed E-state index contributed by atoms with van der Waals surface area (Å²) in [4.78, 5) is 27.7. The Morgan fingerprint density at radius 1 is 0.973 bits per heavy atom. The molecule has 0 spiro atoms. The van der Waals surface area contributed by atoms with E-state index in [1.807, 2.05) is 30.3 Å². The van der Waals surface area contributed by atoms with Crippen LogP contribution in [0.1, 0.15) is 83.0 Å². The molecular formula is C32H46N2O3. The summed E-state index contributed by atoms with van der Waals surface area (Å²) in [6, 6.07) is 9.90. The summed E-state index contributed by atoms with van der Waals surface area (Å²) in [5, 5.41) is 3.13. The first-order valence-corrected chi connectivity index (χ1v) is 14.5. The van der Waals surface area contributed by atoms with Crippen molar-refractivity contribution in [2.24, 2.45) is 40.4 Å². The molecule has 0 aliphatic heterocycles. The Morgan fingerprint density at radius 2 is 1.65 bits per heavy atom. The number of rotatable bonds is 5. The summed E-state index contributed by atoms with van der Waals surface area (Å²) in [6.45, 7) is 8.96. The molecule has 9 atom stereocenters. The zero-order valence-corrected chi connectivity index (χ0v) is 23.6. The number of nitrogens with zero attached hydrogens (tertiary/aromatic N) is 1. The highest BCUT2D eigenvalue weighted by Crippen LogP contribution is 2.67. The minimum absolute atomic E-state index is 0.0799. The van der Waals surface area contributed by atoms with E-state index in [-0.39, 0.29) is 29.3 Å². The van der Waals surface area contributed by atoms with Gasteiger partial charge in [-0.15, -0.1) is 0 Å². The van der Waals surface area contributed by atoms with Gasteiger partial charge in [-0.05, 0) is 113 Å². The average molecular weight is 507 g/mol. The topological polar surface area (TPSA) is 58.6 Å². The summed E-state index contributed by atoms with van der Waals surface area (Å²) in [5.41, 5.74) is 1.89. The number of fused-ring (bicyclic) bond motifs is 5. The second-order valence-corrected chi connectivity index (χ2v) is 13.2. The maximum atomic E-state index is 13.0. The minimum atomic E-state index is -0.386. The molecule has 4 aliphatic carbocycles. The highest BCUT2D eigenvalue weighted by molar-refractivity contribution is 5.95. The lowest BCUT2D eigenvalue weighted by atomic mass is 9.44. The molecule has 4 aliphatic rings. The summed E-state index contributed by atoms with van der Waals surface area (Å²) < 4.78 is 6.01. The van der Waals surface area contributed by atoms with Gasteiger partial charge in [-0.1, -0.05) is 38.1 Å². The van der Waals surface area contributed by atoms with Crippen molar-refractivity contribution < 1.29 is 14.3 Å². The van der Waals surface area contributed by atoms with Gasteiger partial charge in [0.2, 0.25) is 0 Å². The number of carbonyl (C=O) groups excluding carboxylic acids is 2. The summed E-state index contributed by atoms with van der Waals surface area (Å²) in [5.74, 6) is 2.75. The van der Waals surface area contributed by atoms with Crippen molar-refractivity contribution in [3.63, 3.8) is 0 Å². The van der Waals surface area contributed by atoms with Crippen LogP contribution in [0.5, 0.6) is 0 Å². The second-order valence-electron chi connectivity index (χ2n) is 13.2. The predicted molar refractivity (Wildman–Crippen MR) is 147 cm³/mol. The highest BCUT2D eigenvalue weighted by Gasteiger charge is 2.62. The lowest BCUT2D eigenvalue weighted by molar-refractivity contribution is -0.162. The fraction of sp³-hybridized carbons (Fsp3) is 0.688. The Hall–Kier alpha value is -2.14. The number of hydrogen-bond donors (Lipinski definition) is 1. The molecule has 37 heavy (non-hydrogen) atoms. The molecule has 5 rings (SSSR count). The Bertz CT molecular complexity index is 1050. The van der Waals surface area contributed by atoms with Crippen LogP contribution >= 0.6 is 0 Å². The van der Waals surface area contributed by atoms with Crippen molar-refractivity contribution in [2.75, 3.05) is 14.1 Å². The van der Waals surface area contributed by atoms with Crippen LogP contribution < -0.4 is 5.32 Å². The van der Waals surface area contributed by atoms with Gasteiger partial charge >= 0.3 is 5.97 Å². The van der Waals surface area contributed by atoms with Gasteiger partial charge in [0.1, 0.15) is 6.10 Å². The third-order valence-corrected chi connectivity index (χ3v) is 11.4. The monoisotopic (exact) mass is 506 g/mol. The van der Waals surface area contributed by atoms with Crippen LogP contribution in [-0.4, -0.2) is 43.0 Å². The van der Waals surface area contributed by atoms with E-state index in [0.717, 1.165) is 36.3 Å². The molecule has 5 nitrogen and oxygen atoms in total. The largest absolute Gasteiger partial charge is 0.456 e. The Morgan fingerprint density at radius 3 is 2.32 bits per heavy atom. The van der Waals surface area contributed by atoms with E-state index in [1.54, 1.807) is 0 Å². The van der Waals surface area contributed by atoms with Crippen molar-refractivity contribution in [2.45, 2.75) is 84.8 Å². The molecule has 0 heterocycles. The number of amides is 1. The van der Waals surface area contributed by atoms with Gasteiger partial charge in [-0.25, -0.2) is 0 Å². The molecule has 1 unspecified atom stereocenters. The summed E-state index contributed by atoms with van der Waals surface area (Å²) in [6.07, 6.45) is 10.2. The molecule has 0 saturated heterocycles. The zero-order chi connectivity index (χ0) is 26.5. The molecule has 5 heteroatoms. The standard InChI is InChI=1S/C32H46N2O3/c1-20(34(5)6)24-14-15-25-23-12-13-27-29(37-21(2)35)28(33-30(36)22-10-8-7-9-11-22)17-19-32(27,4)26(23)16-18-31(24,25)3/h7-11,17,20,23-27,29H,12-16,18-19H2,1-6H3,(H,33,36)/t20-,23-,24+,25-,26-,27?,29+,31+,32+/m0/s1. The number of allylic oxidation sites excluding steroid dienone is 1. The Kier molecular flexibility index (Phi) is 7.06. The predicted octanol–water partition coefficient (Wildman–Crippen LogP) is 6.06. The van der Waals surface area contributed by atoms with Gasteiger partial charge < -0.3 is 15.0 Å².